The fraction of sp³-hybridized carbons (Fsp3) is 0.606. The average molecular weight is 631 g/mol. The van der Waals surface area contributed by atoms with Crippen LogP contribution in [0.5, 0.6) is 5.75 Å². The highest BCUT2D eigenvalue weighted by atomic mass is 32.2. The molecule has 2 heterocycles. The highest BCUT2D eigenvalue weighted by Crippen LogP contribution is 2.46. The van der Waals surface area contributed by atoms with E-state index in [2.05, 4.69) is 5.32 Å². The van der Waals surface area contributed by atoms with Crippen molar-refractivity contribution in [2.24, 2.45) is 17.8 Å². The Morgan fingerprint density at radius 2 is 1.80 bits per heavy atom. The molecule has 2 aromatic rings. The lowest BCUT2D eigenvalue weighted by molar-refractivity contribution is -0.167. The molecule has 5 rings (SSSR count). The zero-order valence-electron chi connectivity index (χ0n) is 25.8. The van der Waals surface area contributed by atoms with Gasteiger partial charge in [-0.25, -0.2) is 13.2 Å². The number of benzene rings is 2. The number of carbonyl (C=O) groups excluding carboxylic acids is 1. The maximum absolute atomic E-state index is 13.7. The zero-order valence-corrected chi connectivity index (χ0v) is 26.7. The first-order chi connectivity index (χ1) is 21.2. The number of fused-ring (bicyclic) bond motifs is 3. The van der Waals surface area contributed by atoms with Crippen molar-refractivity contribution in [1.29, 1.82) is 0 Å². The minimum Gasteiger partial charge on any atom is -0.497 e. The molecule has 2 aliphatic heterocycles. The molecule has 0 bridgehead atoms. The number of carbonyl (C=O) groups is 1. The summed E-state index contributed by atoms with van der Waals surface area (Å²) in [4.78, 5) is 13.6. The van der Waals surface area contributed by atoms with Crippen LogP contribution in [0.2, 0.25) is 0 Å². The second-order valence-electron chi connectivity index (χ2n) is 12.6. The van der Waals surface area contributed by atoms with Gasteiger partial charge in [0.05, 0.1) is 30.3 Å². The van der Waals surface area contributed by atoms with Crippen molar-refractivity contribution in [3.05, 3.63) is 60.2 Å². The molecule has 0 spiro atoms. The second-order valence-corrected chi connectivity index (χ2v) is 14.5. The van der Waals surface area contributed by atoms with Crippen molar-refractivity contribution in [2.75, 3.05) is 26.8 Å². The number of sulfonamides is 1. The maximum atomic E-state index is 13.7. The summed E-state index contributed by atoms with van der Waals surface area (Å²) < 4.78 is 52.1. The predicted molar refractivity (Wildman–Crippen MR) is 165 cm³/mol. The van der Waals surface area contributed by atoms with Gasteiger partial charge < -0.3 is 29.4 Å². The van der Waals surface area contributed by atoms with Crippen LogP contribution in [0, 0.1) is 17.8 Å². The molecule has 11 heteroatoms. The van der Waals surface area contributed by atoms with Gasteiger partial charge in [0.25, 0.3) is 0 Å². The van der Waals surface area contributed by atoms with Gasteiger partial charge in [0.1, 0.15) is 11.9 Å². The number of nitrogens with zero attached hydrogens (tertiary/aromatic N) is 1. The highest BCUT2D eigenvalue weighted by Gasteiger charge is 2.52. The van der Waals surface area contributed by atoms with Gasteiger partial charge in [-0.15, -0.1) is 0 Å². The van der Waals surface area contributed by atoms with Crippen LogP contribution < -0.4 is 10.1 Å². The van der Waals surface area contributed by atoms with Gasteiger partial charge in [-0.1, -0.05) is 44.2 Å². The van der Waals surface area contributed by atoms with Crippen LogP contribution in [0.25, 0.3) is 0 Å². The number of aliphatic hydroxyl groups excluding tert-OH is 1. The van der Waals surface area contributed by atoms with E-state index in [-0.39, 0.29) is 54.2 Å². The molecule has 1 aliphatic carbocycles. The van der Waals surface area contributed by atoms with Gasteiger partial charge in [-0.2, -0.15) is 4.31 Å². The second kappa shape index (κ2) is 14.6. The Morgan fingerprint density at radius 1 is 1.05 bits per heavy atom. The predicted octanol–water partition coefficient (Wildman–Crippen LogP) is 4.36. The van der Waals surface area contributed by atoms with Crippen molar-refractivity contribution >= 4 is 16.1 Å². The van der Waals surface area contributed by atoms with Gasteiger partial charge >= 0.3 is 6.09 Å². The van der Waals surface area contributed by atoms with Gasteiger partial charge in [0.2, 0.25) is 10.0 Å². The number of methoxy groups -OCH3 is 1. The van der Waals surface area contributed by atoms with E-state index < -0.39 is 28.3 Å². The molecular weight excluding hydrogens is 584 g/mol. The summed E-state index contributed by atoms with van der Waals surface area (Å²) in [5, 5.41) is 14.5. The first-order valence-corrected chi connectivity index (χ1v) is 17.2. The molecular formula is C33H46N2O8S. The van der Waals surface area contributed by atoms with Gasteiger partial charge in [-0.3, -0.25) is 0 Å². The number of hydrogen-bond acceptors (Lipinski definition) is 8. The van der Waals surface area contributed by atoms with Crippen LogP contribution in [-0.2, 0) is 30.7 Å². The number of rotatable bonds is 12. The summed E-state index contributed by atoms with van der Waals surface area (Å²) in [6.45, 7) is 4.53. The van der Waals surface area contributed by atoms with Crippen molar-refractivity contribution in [3.63, 3.8) is 0 Å². The smallest absolute Gasteiger partial charge is 0.407 e. The summed E-state index contributed by atoms with van der Waals surface area (Å²) in [6, 6.07) is 14.9. The number of ether oxygens (including phenoxy) is 4. The Balaban J connectivity index is 1.32. The highest BCUT2D eigenvalue weighted by molar-refractivity contribution is 7.89. The molecule has 44 heavy (non-hydrogen) atoms. The largest absolute Gasteiger partial charge is 0.497 e. The lowest BCUT2D eigenvalue weighted by Gasteiger charge is -2.36. The average Bonchev–Trinajstić information content (AvgIpc) is 3.40. The first-order valence-electron chi connectivity index (χ1n) is 15.8. The lowest BCUT2D eigenvalue weighted by atomic mass is 9.75. The molecule has 3 aliphatic rings. The summed E-state index contributed by atoms with van der Waals surface area (Å²) >= 11 is 0. The third-order valence-electron chi connectivity index (χ3n) is 8.93. The van der Waals surface area contributed by atoms with E-state index >= 15 is 0 Å². The van der Waals surface area contributed by atoms with Crippen molar-refractivity contribution < 1.29 is 37.3 Å². The maximum Gasteiger partial charge on any atom is 0.407 e. The monoisotopic (exact) mass is 630 g/mol. The number of nitrogens with one attached hydrogen (secondary N) is 1. The Kier molecular flexibility index (Phi) is 10.8. The fourth-order valence-electron chi connectivity index (χ4n) is 6.84. The van der Waals surface area contributed by atoms with Crippen LogP contribution in [0.1, 0.15) is 51.5 Å². The standard InChI is InChI=1S/C33H46N2O8S/c1-22(2)20-35(44(38,39)25-16-14-24(40-3)15-17-25)21-28(36)27(19-23-9-5-4-6-10-23)34-33(37)43-30-13-7-12-29-31(30)26-11-8-18-41-32(26)42-29/h4-6,9-10,14-17,22,26-32,36H,7-8,11-13,18-21H2,1-3H3,(H,34,37)/t26-,27+,28-,29-,30+,31-,32+/m1/s1. The molecule has 10 nitrogen and oxygen atoms in total. The Hall–Kier alpha value is -2.70. The molecule has 7 atom stereocenters. The fourth-order valence-corrected chi connectivity index (χ4v) is 8.46. The molecule has 2 saturated heterocycles. The van der Waals surface area contributed by atoms with E-state index in [1.54, 1.807) is 12.1 Å². The van der Waals surface area contributed by atoms with Crippen molar-refractivity contribution in [3.8, 4) is 5.75 Å². The van der Waals surface area contributed by atoms with Crippen LogP contribution in [0.15, 0.2) is 59.5 Å². The SMILES string of the molecule is COc1ccc(S(=O)(=O)N(CC(C)C)C[C@@H](O)[C@H](Cc2ccccc2)NC(=O)O[C@H]2CCC[C@H]3O[C@@H]4OCCC[C@@H]4[C@@H]23)cc1. The minimum absolute atomic E-state index is 0.00110. The third-order valence-corrected chi connectivity index (χ3v) is 10.8. The lowest BCUT2D eigenvalue weighted by Crippen LogP contribution is -2.52. The van der Waals surface area contributed by atoms with Crippen LogP contribution in [0.3, 0.4) is 0 Å². The van der Waals surface area contributed by atoms with E-state index in [0.29, 0.717) is 18.8 Å². The normalized spacial score (nSPS) is 26.5. The minimum atomic E-state index is -3.95. The van der Waals surface area contributed by atoms with E-state index in [9.17, 15) is 18.3 Å². The van der Waals surface area contributed by atoms with Crippen LogP contribution in [-0.4, -0.2) is 81.4 Å². The first kappa shape index (κ1) is 32.7. The van der Waals surface area contributed by atoms with E-state index in [4.69, 9.17) is 18.9 Å². The number of amides is 1. The van der Waals surface area contributed by atoms with E-state index in [0.717, 1.165) is 37.7 Å². The van der Waals surface area contributed by atoms with E-state index in [1.165, 1.54) is 23.5 Å². The van der Waals surface area contributed by atoms with E-state index in [1.807, 2.05) is 44.2 Å². The number of hydrogen-bond donors (Lipinski definition) is 2. The Morgan fingerprint density at radius 3 is 2.50 bits per heavy atom. The molecule has 3 fully saturated rings. The number of aliphatic hydroxyl groups is 1. The molecule has 2 N–H and O–H groups in total. The van der Waals surface area contributed by atoms with Crippen molar-refractivity contribution in [2.45, 2.75) is 87.9 Å². The quantitative estimate of drug-likeness (QED) is 0.355. The molecule has 1 amide bonds. The molecule has 242 valence electrons. The van der Waals surface area contributed by atoms with Gasteiger partial charge in [-0.05, 0) is 74.3 Å². The van der Waals surface area contributed by atoms with Gasteiger partial charge in [0.15, 0.2) is 6.29 Å². The Bertz CT molecular complexity index is 1320. The summed E-state index contributed by atoms with van der Waals surface area (Å²) in [6.07, 6.45) is 2.43. The molecule has 0 aromatic heterocycles. The molecule has 0 radical (unpaired) electrons. The van der Waals surface area contributed by atoms with Crippen LogP contribution >= 0.6 is 0 Å². The molecule has 2 aromatic carbocycles. The molecule has 1 saturated carbocycles. The summed E-state index contributed by atoms with van der Waals surface area (Å²) in [5.74, 6) is 0.824. The Labute approximate surface area is 261 Å². The topological polar surface area (TPSA) is 124 Å². The van der Waals surface area contributed by atoms with Gasteiger partial charge in [0, 0.05) is 31.5 Å². The van der Waals surface area contributed by atoms with Crippen LogP contribution in [0.4, 0.5) is 4.79 Å². The summed E-state index contributed by atoms with van der Waals surface area (Å²) in [5.41, 5.74) is 0.898. The number of alkyl carbamates (subject to hydrolysis) is 1. The summed E-state index contributed by atoms with van der Waals surface area (Å²) in [7, 11) is -2.43. The third kappa shape index (κ3) is 7.74. The van der Waals surface area contributed by atoms with Crippen molar-refractivity contribution in [1.82, 2.24) is 9.62 Å². The molecule has 0 unspecified atom stereocenters. The zero-order chi connectivity index (χ0) is 31.3.